The second-order valence-electron chi connectivity index (χ2n) is 6.11. The minimum absolute atomic E-state index is 0.0764. The van der Waals surface area contributed by atoms with Crippen molar-refractivity contribution in [3.63, 3.8) is 0 Å². The lowest BCUT2D eigenvalue weighted by atomic mass is 10.2. The highest BCUT2D eigenvalue weighted by molar-refractivity contribution is 7.94. The average molecular weight is 454 g/mol. The van der Waals surface area contributed by atoms with Crippen molar-refractivity contribution in [2.24, 2.45) is 0 Å². The predicted molar refractivity (Wildman–Crippen MR) is 107 cm³/mol. The molecular weight excluding hydrogens is 438 g/mol. The third-order valence-corrected chi connectivity index (χ3v) is 8.72. The lowest BCUT2D eigenvalue weighted by Crippen LogP contribution is -2.14. The molecule has 1 aromatic heterocycles. The normalized spacial score (nSPS) is 11.9. The fourth-order valence-electron chi connectivity index (χ4n) is 2.46. The fourth-order valence-corrected chi connectivity index (χ4v) is 6.47. The number of sulfonamides is 1. The van der Waals surface area contributed by atoms with E-state index in [1.165, 1.54) is 6.07 Å². The Morgan fingerprint density at radius 3 is 2.31 bits per heavy atom. The van der Waals surface area contributed by atoms with Crippen LogP contribution in [0.4, 0.5) is 10.8 Å². The Morgan fingerprint density at radius 1 is 1.03 bits per heavy atom. The number of thiazole rings is 1. The molecule has 3 aromatic rings. The highest BCUT2D eigenvalue weighted by atomic mass is 32.2. The number of nitrogens with one attached hydrogen (secondary N) is 1. The molecule has 2 aromatic carbocycles. The molecule has 9 nitrogen and oxygen atoms in total. The van der Waals surface area contributed by atoms with Gasteiger partial charge in [0.1, 0.15) is 4.21 Å². The van der Waals surface area contributed by atoms with E-state index in [0.29, 0.717) is 16.9 Å². The number of nitro groups is 1. The molecule has 0 amide bonds. The van der Waals surface area contributed by atoms with Gasteiger partial charge < -0.3 is 0 Å². The van der Waals surface area contributed by atoms with E-state index in [4.69, 9.17) is 0 Å². The van der Waals surface area contributed by atoms with Crippen LogP contribution < -0.4 is 4.72 Å². The molecule has 1 heterocycles. The van der Waals surface area contributed by atoms with Crippen LogP contribution in [0.25, 0.3) is 0 Å². The Labute approximate surface area is 171 Å². The molecule has 29 heavy (non-hydrogen) atoms. The van der Waals surface area contributed by atoms with Gasteiger partial charge in [-0.05, 0) is 43.2 Å². The average Bonchev–Trinajstić information content (AvgIpc) is 3.12. The van der Waals surface area contributed by atoms with Gasteiger partial charge in [0.25, 0.3) is 15.7 Å². The summed E-state index contributed by atoms with van der Waals surface area (Å²) >= 11 is 0.654. The highest BCUT2D eigenvalue weighted by Crippen LogP contribution is 2.31. The molecule has 0 aliphatic rings. The molecule has 0 bridgehead atoms. The van der Waals surface area contributed by atoms with Crippen LogP contribution in [0.5, 0.6) is 0 Å². The van der Waals surface area contributed by atoms with Crippen molar-refractivity contribution in [3.8, 4) is 0 Å². The molecule has 3 rings (SSSR count). The maximum Gasteiger partial charge on any atom is 0.269 e. The first-order valence-corrected chi connectivity index (χ1v) is 11.8. The Balaban J connectivity index is 1.90. The quantitative estimate of drug-likeness (QED) is 0.446. The third kappa shape index (κ3) is 4.28. The van der Waals surface area contributed by atoms with E-state index >= 15 is 0 Å². The van der Waals surface area contributed by atoms with Gasteiger partial charge in [0.15, 0.2) is 5.13 Å². The minimum atomic E-state index is -4.00. The fraction of sp³-hybridized carbons (Fsp3) is 0.118. The SMILES string of the molecule is Cc1ccc(C)c(S(=O)(=O)Nc2ncc(S(=O)(=O)c3ccc([N+](=O)[O-])cc3)s2)c1. The van der Waals surface area contributed by atoms with Crippen molar-refractivity contribution >= 4 is 42.0 Å². The van der Waals surface area contributed by atoms with Crippen LogP contribution in [0.3, 0.4) is 0 Å². The van der Waals surface area contributed by atoms with E-state index in [1.807, 2.05) is 0 Å². The molecule has 0 spiro atoms. The van der Waals surface area contributed by atoms with Crippen molar-refractivity contribution in [1.29, 1.82) is 0 Å². The molecule has 0 fully saturated rings. The van der Waals surface area contributed by atoms with Gasteiger partial charge in [0.2, 0.25) is 9.84 Å². The zero-order chi connectivity index (χ0) is 21.4. The molecule has 0 saturated heterocycles. The van der Waals surface area contributed by atoms with E-state index in [-0.39, 0.29) is 24.8 Å². The van der Waals surface area contributed by atoms with Crippen LogP contribution in [0.1, 0.15) is 11.1 Å². The van der Waals surface area contributed by atoms with Gasteiger partial charge >= 0.3 is 0 Å². The number of nitro benzene ring substituents is 1. The van der Waals surface area contributed by atoms with Gasteiger partial charge in [-0.2, -0.15) is 0 Å². The summed E-state index contributed by atoms with van der Waals surface area (Å²) in [5.41, 5.74) is 1.06. The van der Waals surface area contributed by atoms with Crippen molar-refractivity contribution < 1.29 is 21.8 Å². The Hall–Kier alpha value is -2.83. The summed E-state index contributed by atoms with van der Waals surface area (Å²) < 4.78 is 52.8. The van der Waals surface area contributed by atoms with Gasteiger partial charge in [0, 0.05) is 12.1 Å². The Bertz CT molecular complexity index is 1300. The second-order valence-corrected chi connectivity index (χ2v) is 11.0. The largest absolute Gasteiger partial charge is 0.269 e. The number of aromatic nitrogens is 1. The minimum Gasteiger partial charge on any atom is -0.258 e. The number of hydrogen-bond acceptors (Lipinski definition) is 8. The molecule has 0 atom stereocenters. The van der Waals surface area contributed by atoms with Gasteiger partial charge in [-0.3, -0.25) is 14.8 Å². The molecular formula is C17H15N3O6S3. The molecule has 1 N–H and O–H groups in total. The van der Waals surface area contributed by atoms with Crippen molar-refractivity contribution in [2.75, 3.05) is 4.72 Å². The molecule has 0 aliphatic carbocycles. The highest BCUT2D eigenvalue weighted by Gasteiger charge is 2.24. The first kappa shape index (κ1) is 20.9. The van der Waals surface area contributed by atoms with Crippen LogP contribution in [0.2, 0.25) is 0 Å². The smallest absolute Gasteiger partial charge is 0.258 e. The first-order valence-electron chi connectivity index (χ1n) is 8.06. The monoisotopic (exact) mass is 453 g/mol. The number of nitrogens with zero attached hydrogens (tertiary/aromatic N) is 2. The first-order chi connectivity index (χ1) is 13.5. The molecule has 0 saturated carbocycles. The van der Waals surface area contributed by atoms with Crippen molar-refractivity contribution in [3.05, 3.63) is 69.9 Å². The van der Waals surface area contributed by atoms with Gasteiger partial charge in [-0.25, -0.2) is 21.8 Å². The van der Waals surface area contributed by atoms with E-state index < -0.39 is 24.8 Å². The van der Waals surface area contributed by atoms with E-state index in [2.05, 4.69) is 9.71 Å². The van der Waals surface area contributed by atoms with E-state index in [9.17, 15) is 26.9 Å². The van der Waals surface area contributed by atoms with E-state index in [1.54, 1.807) is 26.0 Å². The number of sulfone groups is 1. The number of aryl methyl sites for hydroxylation is 2. The van der Waals surface area contributed by atoms with Gasteiger partial charge in [0.05, 0.1) is 20.9 Å². The Kier molecular flexibility index (Phi) is 5.43. The summed E-state index contributed by atoms with van der Waals surface area (Å²) in [6.07, 6.45) is 1.04. The maximum atomic E-state index is 12.7. The summed E-state index contributed by atoms with van der Waals surface area (Å²) in [7, 11) is -7.95. The van der Waals surface area contributed by atoms with Crippen LogP contribution in [0, 0.1) is 24.0 Å². The van der Waals surface area contributed by atoms with Crippen molar-refractivity contribution in [1.82, 2.24) is 4.98 Å². The maximum absolute atomic E-state index is 12.7. The zero-order valence-corrected chi connectivity index (χ0v) is 17.6. The topological polar surface area (TPSA) is 136 Å². The van der Waals surface area contributed by atoms with Crippen LogP contribution >= 0.6 is 11.3 Å². The summed E-state index contributed by atoms with van der Waals surface area (Å²) in [6, 6.07) is 9.37. The van der Waals surface area contributed by atoms with Crippen LogP contribution in [0.15, 0.2) is 62.7 Å². The summed E-state index contributed by atoms with van der Waals surface area (Å²) in [6.45, 7) is 3.41. The number of non-ortho nitro benzene ring substituents is 1. The second kappa shape index (κ2) is 7.54. The van der Waals surface area contributed by atoms with Crippen molar-refractivity contribution in [2.45, 2.75) is 27.8 Å². The molecule has 152 valence electrons. The number of benzene rings is 2. The summed E-state index contributed by atoms with van der Waals surface area (Å²) in [5, 5.41) is 10.6. The van der Waals surface area contributed by atoms with Gasteiger partial charge in [-0.15, -0.1) is 0 Å². The van der Waals surface area contributed by atoms with Gasteiger partial charge in [-0.1, -0.05) is 23.5 Å². The standard InChI is InChI=1S/C17H15N3O6S3/c1-11-3-4-12(2)15(9-11)29(25,26)19-17-18-10-16(27-17)28(23,24)14-7-5-13(6-8-14)20(21)22/h3-10H,1-2H3,(H,18,19). The van der Waals surface area contributed by atoms with E-state index in [0.717, 1.165) is 36.0 Å². The summed E-state index contributed by atoms with van der Waals surface area (Å²) in [4.78, 5) is 13.9. The number of rotatable bonds is 6. The van der Waals surface area contributed by atoms with Crippen LogP contribution in [-0.2, 0) is 19.9 Å². The lowest BCUT2D eigenvalue weighted by Gasteiger charge is -2.09. The molecule has 0 radical (unpaired) electrons. The number of hydrogen-bond donors (Lipinski definition) is 1. The number of anilines is 1. The van der Waals surface area contributed by atoms with Crippen LogP contribution in [-0.4, -0.2) is 26.7 Å². The summed E-state index contributed by atoms with van der Waals surface area (Å²) in [5.74, 6) is 0. The lowest BCUT2D eigenvalue weighted by molar-refractivity contribution is -0.384. The third-order valence-electron chi connectivity index (χ3n) is 3.96. The molecule has 12 heteroatoms. The predicted octanol–water partition coefficient (Wildman–Crippen LogP) is 3.30. The zero-order valence-electron chi connectivity index (χ0n) is 15.2. The Morgan fingerprint density at radius 2 is 1.69 bits per heavy atom. The molecule has 0 unspecified atom stereocenters. The molecule has 0 aliphatic heterocycles.